The Morgan fingerprint density at radius 1 is 1.24 bits per heavy atom. The molecule has 0 amide bonds. The zero-order valence-electron chi connectivity index (χ0n) is 11.7. The van der Waals surface area contributed by atoms with Gasteiger partial charge in [0, 0.05) is 21.5 Å². The van der Waals surface area contributed by atoms with Gasteiger partial charge in [-0.15, -0.1) is 0 Å². The highest BCUT2D eigenvalue weighted by Crippen LogP contribution is 2.12. The molecule has 0 aliphatic heterocycles. The summed E-state index contributed by atoms with van der Waals surface area (Å²) >= 11 is 2.17. The SMILES string of the molecule is CCS(=O)(=O)c1ccc(Cn2c(C)c(I)ccc2=O)nc1. The summed E-state index contributed by atoms with van der Waals surface area (Å²) in [5.74, 6) is 0.0451. The largest absolute Gasteiger partial charge is 0.306 e. The van der Waals surface area contributed by atoms with E-state index >= 15 is 0 Å². The molecule has 0 unspecified atom stereocenters. The summed E-state index contributed by atoms with van der Waals surface area (Å²) in [5.41, 5.74) is 1.42. The van der Waals surface area contributed by atoms with E-state index in [0.29, 0.717) is 12.2 Å². The van der Waals surface area contributed by atoms with Crippen LogP contribution in [0.4, 0.5) is 0 Å². The Balaban J connectivity index is 2.34. The number of halogens is 1. The average molecular weight is 418 g/mol. The number of pyridine rings is 2. The van der Waals surface area contributed by atoms with Crippen molar-refractivity contribution in [3.05, 3.63) is 55.8 Å². The quantitative estimate of drug-likeness (QED) is 0.713. The summed E-state index contributed by atoms with van der Waals surface area (Å²) in [6.45, 7) is 3.80. The molecule has 0 aliphatic carbocycles. The van der Waals surface area contributed by atoms with Gasteiger partial charge in [0.15, 0.2) is 9.84 Å². The van der Waals surface area contributed by atoms with E-state index in [1.165, 1.54) is 18.3 Å². The molecule has 21 heavy (non-hydrogen) atoms. The minimum Gasteiger partial charge on any atom is -0.306 e. The van der Waals surface area contributed by atoms with Gasteiger partial charge < -0.3 is 4.57 Å². The van der Waals surface area contributed by atoms with Crippen molar-refractivity contribution in [3.63, 3.8) is 0 Å². The van der Waals surface area contributed by atoms with Gasteiger partial charge in [0.25, 0.3) is 5.56 Å². The molecular weight excluding hydrogens is 403 g/mol. The molecule has 2 rings (SSSR count). The molecule has 0 saturated heterocycles. The fourth-order valence-electron chi connectivity index (χ4n) is 1.86. The van der Waals surface area contributed by atoms with Crippen molar-refractivity contribution in [3.8, 4) is 0 Å². The van der Waals surface area contributed by atoms with Gasteiger partial charge >= 0.3 is 0 Å². The fraction of sp³-hybridized carbons (Fsp3) is 0.286. The van der Waals surface area contributed by atoms with E-state index in [9.17, 15) is 13.2 Å². The smallest absolute Gasteiger partial charge is 0.251 e. The Labute approximate surface area is 137 Å². The predicted octanol–water partition coefficient (Wildman–Crippen LogP) is 2.00. The molecule has 7 heteroatoms. The minimum absolute atomic E-state index is 0.0451. The summed E-state index contributed by atoms with van der Waals surface area (Å²) in [4.78, 5) is 16.3. The van der Waals surface area contributed by atoms with Crippen molar-refractivity contribution in [1.82, 2.24) is 9.55 Å². The summed E-state index contributed by atoms with van der Waals surface area (Å²) in [7, 11) is -3.24. The number of hydrogen-bond acceptors (Lipinski definition) is 4. The molecular formula is C14H15IN2O3S. The lowest BCUT2D eigenvalue weighted by Crippen LogP contribution is -2.23. The van der Waals surface area contributed by atoms with E-state index in [2.05, 4.69) is 27.6 Å². The van der Waals surface area contributed by atoms with Crippen LogP contribution in [0.1, 0.15) is 18.3 Å². The number of rotatable bonds is 4. The van der Waals surface area contributed by atoms with Crippen molar-refractivity contribution < 1.29 is 8.42 Å². The van der Waals surface area contributed by atoms with Crippen molar-refractivity contribution in [2.45, 2.75) is 25.3 Å². The Hall–Kier alpha value is -1.22. The monoisotopic (exact) mass is 418 g/mol. The van der Waals surface area contributed by atoms with Crippen LogP contribution < -0.4 is 5.56 Å². The molecule has 0 N–H and O–H groups in total. The van der Waals surface area contributed by atoms with Gasteiger partial charge in [-0.25, -0.2) is 8.42 Å². The second kappa shape index (κ2) is 6.27. The first-order chi connectivity index (χ1) is 9.85. The maximum absolute atomic E-state index is 11.9. The molecule has 0 bridgehead atoms. The maximum Gasteiger partial charge on any atom is 0.251 e. The predicted molar refractivity (Wildman–Crippen MR) is 89.2 cm³/mol. The summed E-state index contributed by atoms with van der Waals surface area (Å²) < 4.78 is 26.1. The topological polar surface area (TPSA) is 69.0 Å². The van der Waals surface area contributed by atoms with Gasteiger partial charge in [0.2, 0.25) is 0 Å². The van der Waals surface area contributed by atoms with Gasteiger partial charge in [-0.2, -0.15) is 0 Å². The van der Waals surface area contributed by atoms with Crippen LogP contribution >= 0.6 is 22.6 Å². The van der Waals surface area contributed by atoms with Crippen LogP contribution in [0.3, 0.4) is 0 Å². The van der Waals surface area contributed by atoms with Crippen LogP contribution in [-0.4, -0.2) is 23.7 Å². The molecule has 112 valence electrons. The van der Waals surface area contributed by atoms with E-state index in [1.54, 1.807) is 23.6 Å². The second-order valence-corrected chi connectivity index (χ2v) is 8.02. The molecule has 0 atom stereocenters. The van der Waals surface area contributed by atoms with E-state index < -0.39 is 9.84 Å². The van der Waals surface area contributed by atoms with Crippen LogP contribution in [0.5, 0.6) is 0 Å². The van der Waals surface area contributed by atoms with Gasteiger partial charge in [-0.1, -0.05) is 6.92 Å². The third-order valence-electron chi connectivity index (χ3n) is 3.25. The minimum atomic E-state index is -3.24. The van der Waals surface area contributed by atoms with Gasteiger partial charge in [-0.05, 0) is 47.7 Å². The number of sulfone groups is 1. The summed E-state index contributed by atoms with van der Waals surface area (Å²) in [6, 6.07) is 6.48. The van der Waals surface area contributed by atoms with Crippen molar-refractivity contribution in [1.29, 1.82) is 0 Å². The molecule has 0 spiro atoms. The maximum atomic E-state index is 11.9. The Bertz CT molecular complexity index is 811. The number of hydrogen-bond donors (Lipinski definition) is 0. The standard InChI is InChI=1S/C14H15IN2O3S/c1-3-21(19,20)12-5-4-11(16-8-12)9-17-10(2)13(15)6-7-14(17)18/h4-8H,3,9H2,1-2H3. The van der Waals surface area contributed by atoms with Crippen LogP contribution in [0, 0.1) is 10.5 Å². The lowest BCUT2D eigenvalue weighted by atomic mass is 10.3. The van der Waals surface area contributed by atoms with Gasteiger partial charge in [0.05, 0.1) is 22.9 Å². The lowest BCUT2D eigenvalue weighted by molar-refractivity contribution is 0.596. The molecule has 2 heterocycles. The van der Waals surface area contributed by atoms with Gasteiger partial charge in [0.1, 0.15) is 0 Å². The zero-order valence-corrected chi connectivity index (χ0v) is 14.7. The molecule has 0 radical (unpaired) electrons. The first kappa shape index (κ1) is 16.2. The van der Waals surface area contributed by atoms with Crippen LogP contribution in [-0.2, 0) is 16.4 Å². The third kappa shape index (κ3) is 3.52. The first-order valence-corrected chi connectivity index (χ1v) is 9.12. The highest BCUT2D eigenvalue weighted by Gasteiger charge is 2.12. The van der Waals surface area contributed by atoms with Crippen LogP contribution in [0.15, 0.2) is 40.2 Å². The van der Waals surface area contributed by atoms with Crippen molar-refractivity contribution in [2.24, 2.45) is 0 Å². The summed E-state index contributed by atoms with van der Waals surface area (Å²) in [6.07, 6.45) is 1.35. The lowest BCUT2D eigenvalue weighted by Gasteiger charge is -2.11. The highest BCUT2D eigenvalue weighted by atomic mass is 127. The molecule has 2 aromatic heterocycles. The highest BCUT2D eigenvalue weighted by molar-refractivity contribution is 14.1. The third-order valence-corrected chi connectivity index (χ3v) is 6.11. The fourth-order valence-corrected chi connectivity index (χ4v) is 3.16. The Morgan fingerprint density at radius 3 is 2.52 bits per heavy atom. The average Bonchev–Trinajstić information content (AvgIpc) is 2.48. The van der Waals surface area contributed by atoms with Crippen LogP contribution in [0.2, 0.25) is 0 Å². The Morgan fingerprint density at radius 2 is 1.95 bits per heavy atom. The van der Waals surface area contributed by atoms with Crippen molar-refractivity contribution in [2.75, 3.05) is 5.75 Å². The number of aromatic nitrogens is 2. The van der Waals surface area contributed by atoms with Crippen LogP contribution in [0.25, 0.3) is 0 Å². The number of nitrogens with zero attached hydrogens (tertiary/aromatic N) is 2. The molecule has 0 fully saturated rings. The first-order valence-electron chi connectivity index (χ1n) is 6.39. The summed E-state index contributed by atoms with van der Waals surface area (Å²) in [5, 5.41) is 0. The van der Waals surface area contributed by atoms with E-state index in [-0.39, 0.29) is 16.2 Å². The molecule has 2 aromatic rings. The second-order valence-electron chi connectivity index (χ2n) is 4.58. The van der Waals surface area contributed by atoms with Gasteiger partial charge in [-0.3, -0.25) is 9.78 Å². The van der Waals surface area contributed by atoms with E-state index in [1.807, 2.05) is 6.92 Å². The van der Waals surface area contributed by atoms with Crippen molar-refractivity contribution >= 4 is 32.4 Å². The molecule has 0 saturated carbocycles. The molecule has 0 aliphatic rings. The van der Waals surface area contributed by atoms with E-state index in [4.69, 9.17) is 0 Å². The molecule has 5 nitrogen and oxygen atoms in total. The molecule has 0 aromatic carbocycles. The zero-order chi connectivity index (χ0) is 15.6. The normalized spacial score (nSPS) is 11.6. The Kier molecular flexibility index (Phi) is 4.82. The van der Waals surface area contributed by atoms with E-state index in [0.717, 1.165) is 9.26 Å².